The summed E-state index contributed by atoms with van der Waals surface area (Å²) in [5.74, 6) is 0.914. The van der Waals surface area contributed by atoms with Crippen molar-refractivity contribution in [1.82, 2.24) is 14.9 Å². The average molecular weight is 370 g/mol. The number of rotatable bonds is 5. The van der Waals surface area contributed by atoms with Gasteiger partial charge in [0.1, 0.15) is 0 Å². The summed E-state index contributed by atoms with van der Waals surface area (Å²) in [7, 11) is 0. The fourth-order valence-electron chi connectivity index (χ4n) is 4.14. The first-order valence-electron chi connectivity index (χ1n) is 9.59. The second-order valence-corrected chi connectivity index (χ2v) is 8.52. The van der Waals surface area contributed by atoms with Crippen molar-refractivity contribution in [3.05, 3.63) is 53.9 Å². The van der Waals surface area contributed by atoms with Crippen LogP contribution in [0.4, 0.5) is 0 Å². The van der Waals surface area contributed by atoms with Crippen LogP contribution in [0.2, 0.25) is 0 Å². The molecular formula is C21H27N3OS. The molecule has 4 rings (SSSR count). The molecule has 1 aromatic heterocycles. The lowest BCUT2D eigenvalue weighted by Crippen LogP contribution is -2.45. The van der Waals surface area contributed by atoms with E-state index in [9.17, 15) is 0 Å². The molecule has 2 saturated heterocycles. The van der Waals surface area contributed by atoms with Gasteiger partial charge in [-0.25, -0.2) is 9.97 Å². The standard InChI is InChI=1S/C21H27N3OS/c1-2-5-18(6-3-1)16-26-20-22-13-19(14-23-20)15-24-10-4-7-21(17-24)8-11-25-12-9-21/h1-3,5-6,13-14H,4,7-12,15-17H2. The number of likely N-dealkylation sites (tertiary alicyclic amines) is 1. The number of thioether (sulfide) groups is 1. The third kappa shape index (κ3) is 4.64. The first-order valence-corrected chi connectivity index (χ1v) is 10.6. The predicted octanol–water partition coefficient (Wildman–Crippen LogP) is 4.16. The molecule has 26 heavy (non-hydrogen) atoms. The van der Waals surface area contributed by atoms with Crippen molar-refractivity contribution in [1.29, 1.82) is 0 Å². The Morgan fingerprint density at radius 2 is 1.77 bits per heavy atom. The summed E-state index contributed by atoms with van der Waals surface area (Å²) in [5, 5.41) is 0.858. The summed E-state index contributed by atoms with van der Waals surface area (Å²) < 4.78 is 5.58. The normalized spacial score (nSPS) is 20.3. The van der Waals surface area contributed by atoms with E-state index in [-0.39, 0.29) is 0 Å². The van der Waals surface area contributed by atoms with Gasteiger partial charge in [-0.2, -0.15) is 0 Å². The van der Waals surface area contributed by atoms with Crippen LogP contribution in [-0.2, 0) is 17.0 Å². The summed E-state index contributed by atoms with van der Waals surface area (Å²) in [6.45, 7) is 5.22. The Kier molecular flexibility index (Phi) is 5.88. The minimum atomic E-state index is 0.489. The lowest BCUT2D eigenvalue weighted by molar-refractivity contribution is -0.0291. The van der Waals surface area contributed by atoms with Gasteiger partial charge in [0.05, 0.1) is 0 Å². The van der Waals surface area contributed by atoms with Crippen molar-refractivity contribution >= 4 is 11.8 Å². The zero-order valence-electron chi connectivity index (χ0n) is 15.3. The highest BCUT2D eigenvalue weighted by Crippen LogP contribution is 2.39. The van der Waals surface area contributed by atoms with Crippen LogP contribution in [-0.4, -0.2) is 41.2 Å². The molecule has 2 aliphatic rings. The summed E-state index contributed by atoms with van der Waals surface area (Å²) in [6.07, 6.45) is 9.10. The van der Waals surface area contributed by atoms with Crippen molar-refractivity contribution in [3.63, 3.8) is 0 Å². The topological polar surface area (TPSA) is 38.2 Å². The number of nitrogens with zero attached hydrogens (tertiary/aromatic N) is 3. The Labute approximate surface area is 160 Å². The van der Waals surface area contributed by atoms with Crippen LogP contribution >= 0.6 is 11.8 Å². The van der Waals surface area contributed by atoms with Crippen molar-refractivity contribution in [2.75, 3.05) is 26.3 Å². The molecule has 0 radical (unpaired) electrons. The minimum Gasteiger partial charge on any atom is -0.381 e. The summed E-state index contributed by atoms with van der Waals surface area (Å²) in [5.41, 5.74) is 3.02. The van der Waals surface area contributed by atoms with Gasteiger partial charge in [0.2, 0.25) is 0 Å². The molecule has 3 heterocycles. The molecule has 0 aliphatic carbocycles. The Balaban J connectivity index is 1.31. The molecule has 5 heteroatoms. The quantitative estimate of drug-likeness (QED) is 0.584. The van der Waals surface area contributed by atoms with E-state index < -0.39 is 0 Å². The van der Waals surface area contributed by atoms with Gasteiger partial charge in [-0.05, 0) is 43.2 Å². The van der Waals surface area contributed by atoms with Crippen LogP contribution in [0.3, 0.4) is 0 Å². The van der Waals surface area contributed by atoms with E-state index >= 15 is 0 Å². The Morgan fingerprint density at radius 3 is 2.54 bits per heavy atom. The van der Waals surface area contributed by atoms with Gasteiger partial charge < -0.3 is 4.74 Å². The molecule has 0 N–H and O–H groups in total. The van der Waals surface area contributed by atoms with Gasteiger partial charge in [-0.1, -0.05) is 42.1 Å². The summed E-state index contributed by atoms with van der Waals surface area (Å²) >= 11 is 1.70. The third-order valence-corrected chi connectivity index (χ3v) is 6.54. The van der Waals surface area contributed by atoms with E-state index in [1.165, 1.54) is 49.9 Å². The molecule has 2 aromatic rings. The van der Waals surface area contributed by atoms with Crippen molar-refractivity contribution in [3.8, 4) is 0 Å². The Hall–Kier alpha value is -1.43. The number of ether oxygens (including phenoxy) is 1. The SMILES string of the molecule is c1ccc(CSc2ncc(CN3CCCC4(CCOCC4)C3)cn2)cc1. The molecule has 0 bridgehead atoms. The highest BCUT2D eigenvalue weighted by Gasteiger charge is 2.36. The Bertz CT molecular complexity index is 681. The lowest BCUT2D eigenvalue weighted by Gasteiger charge is -2.45. The van der Waals surface area contributed by atoms with Crippen LogP contribution in [0.25, 0.3) is 0 Å². The van der Waals surface area contributed by atoms with Gasteiger partial charge >= 0.3 is 0 Å². The molecule has 4 nitrogen and oxygen atoms in total. The highest BCUT2D eigenvalue weighted by atomic mass is 32.2. The van der Waals surface area contributed by atoms with E-state index in [4.69, 9.17) is 4.74 Å². The van der Waals surface area contributed by atoms with E-state index in [1.54, 1.807) is 11.8 Å². The summed E-state index contributed by atoms with van der Waals surface area (Å²) in [4.78, 5) is 11.7. The summed E-state index contributed by atoms with van der Waals surface area (Å²) in [6, 6.07) is 10.5. The van der Waals surface area contributed by atoms with Gasteiger partial charge in [0.15, 0.2) is 5.16 Å². The van der Waals surface area contributed by atoms with Gasteiger partial charge in [-0.3, -0.25) is 4.90 Å². The van der Waals surface area contributed by atoms with Crippen LogP contribution in [0, 0.1) is 5.41 Å². The molecule has 138 valence electrons. The number of hydrogen-bond acceptors (Lipinski definition) is 5. The van der Waals surface area contributed by atoms with Gasteiger partial charge in [0.25, 0.3) is 0 Å². The molecule has 1 spiro atoms. The molecule has 2 aliphatic heterocycles. The molecule has 0 unspecified atom stereocenters. The maximum Gasteiger partial charge on any atom is 0.187 e. The van der Waals surface area contributed by atoms with Gasteiger partial charge in [0, 0.05) is 50.0 Å². The van der Waals surface area contributed by atoms with Crippen molar-refractivity contribution < 1.29 is 4.74 Å². The molecule has 0 saturated carbocycles. The first-order chi connectivity index (χ1) is 12.8. The number of piperidine rings is 1. The fraction of sp³-hybridized carbons (Fsp3) is 0.524. The molecule has 0 atom stereocenters. The largest absolute Gasteiger partial charge is 0.381 e. The minimum absolute atomic E-state index is 0.489. The van der Waals surface area contributed by atoms with Crippen LogP contribution in [0.15, 0.2) is 47.9 Å². The fourth-order valence-corrected chi connectivity index (χ4v) is 4.88. The van der Waals surface area contributed by atoms with Crippen molar-refractivity contribution in [2.45, 2.75) is 43.1 Å². The predicted molar refractivity (Wildman–Crippen MR) is 105 cm³/mol. The molecular weight excluding hydrogens is 342 g/mol. The third-order valence-electron chi connectivity index (χ3n) is 5.59. The number of benzene rings is 1. The smallest absolute Gasteiger partial charge is 0.187 e. The second-order valence-electron chi connectivity index (χ2n) is 7.57. The first kappa shape index (κ1) is 18.0. The Morgan fingerprint density at radius 1 is 1.00 bits per heavy atom. The van der Waals surface area contributed by atoms with E-state index in [0.717, 1.165) is 30.7 Å². The molecule has 0 amide bonds. The second kappa shape index (κ2) is 8.51. The average Bonchev–Trinajstić information content (AvgIpc) is 2.69. The van der Waals surface area contributed by atoms with E-state index in [2.05, 4.69) is 39.1 Å². The van der Waals surface area contributed by atoms with Crippen LogP contribution < -0.4 is 0 Å². The van der Waals surface area contributed by atoms with E-state index in [0.29, 0.717) is 5.41 Å². The van der Waals surface area contributed by atoms with Crippen molar-refractivity contribution in [2.24, 2.45) is 5.41 Å². The van der Waals surface area contributed by atoms with E-state index in [1.807, 2.05) is 18.5 Å². The molecule has 1 aromatic carbocycles. The monoisotopic (exact) mass is 369 g/mol. The van der Waals surface area contributed by atoms with Gasteiger partial charge in [-0.15, -0.1) is 0 Å². The maximum absolute atomic E-state index is 5.58. The number of hydrogen-bond donors (Lipinski definition) is 0. The zero-order valence-corrected chi connectivity index (χ0v) is 16.1. The zero-order chi connectivity index (χ0) is 17.7. The maximum atomic E-state index is 5.58. The van der Waals surface area contributed by atoms with Crippen LogP contribution in [0.5, 0.6) is 0 Å². The van der Waals surface area contributed by atoms with Crippen LogP contribution in [0.1, 0.15) is 36.8 Å². The number of aromatic nitrogens is 2. The lowest BCUT2D eigenvalue weighted by atomic mass is 9.74. The molecule has 2 fully saturated rings. The highest BCUT2D eigenvalue weighted by molar-refractivity contribution is 7.98.